The van der Waals surface area contributed by atoms with Gasteiger partial charge in [0.15, 0.2) is 0 Å². The van der Waals surface area contributed by atoms with E-state index in [0.29, 0.717) is 15.6 Å². The minimum atomic E-state index is -0.638. The van der Waals surface area contributed by atoms with E-state index in [2.05, 4.69) is 47.4 Å². The molecule has 0 fully saturated rings. The lowest BCUT2D eigenvalue weighted by Crippen LogP contribution is -2.18. The van der Waals surface area contributed by atoms with Crippen LogP contribution in [0.3, 0.4) is 0 Å². The van der Waals surface area contributed by atoms with Crippen LogP contribution in [0, 0.1) is 0 Å². The van der Waals surface area contributed by atoms with Crippen molar-refractivity contribution >= 4 is 50.0 Å². The van der Waals surface area contributed by atoms with Crippen LogP contribution >= 0.6 is 31.9 Å². The zero-order chi connectivity index (χ0) is 19.2. The molecule has 27 heavy (non-hydrogen) atoms. The van der Waals surface area contributed by atoms with Crippen molar-refractivity contribution in [2.45, 2.75) is 0 Å². The van der Waals surface area contributed by atoms with E-state index < -0.39 is 11.9 Å². The number of hydrogen-bond acceptors (Lipinski definition) is 6. The fraction of sp³-hybridized carbons (Fsp3) is 0. The first kappa shape index (κ1) is 19.0. The monoisotopic (exact) mass is 491 g/mol. The number of carbonyl (C=O) groups is 2. The number of benzene rings is 1. The molecule has 0 radical (unpaired) electrons. The Bertz CT molecular complexity index is 1000. The largest absolute Gasteiger partial charge is 0.457 e. The van der Waals surface area contributed by atoms with Crippen LogP contribution in [0.2, 0.25) is 0 Å². The van der Waals surface area contributed by atoms with E-state index in [0.717, 1.165) is 4.47 Å². The Morgan fingerprint density at radius 3 is 2.74 bits per heavy atom. The number of rotatable bonds is 5. The Morgan fingerprint density at radius 2 is 2.00 bits per heavy atom. The third-order valence-electron chi connectivity index (χ3n) is 3.23. The molecule has 0 saturated carbocycles. The number of carbonyl (C=O) groups excluding carboxylic acids is 2. The molecule has 2 aromatic heterocycles. The molecule has 0 bridgehead atoms. The summed E-state index contributed by atoms with van der Waals surface area (Å²) in [5, 5.41) is 3.92. The number of hydrogen-bond donors (Lipinski definition) is 1. The molecule has 0 spiro atoms. The maximum Gasteiger partial charge on any atom is 0.379 e. The van der Waals surface area contributed by atoms with Crippen LogP contribution < -0.4 is 10.2 Å². The highest BCUT2D eigenvalue weighted by molar-refractivity contribution is 9.10. The van der Waals surface area contributed by atoms with Gasteiger partial charge in [-0.05, 0) is 52.3 Å². The molecule has 0 aliphatic carbocycles. The van der Waals surface area contributed by atoms with Crippen molar-refractivity contribution < 1.29 is 18.7 Å². The van der Waals surface area contributed by atoms with Gasteiger partial charge in [-0.2, -0.15) is 5.10 Å². The van der Waals surface area contributed by atoms with Gasteiger partial charge in [-0.25, -0.2) is 10.2 Å². The Labute approximate surface area is 170 Å². The zero-order valence-corrected chi connectivity index (χ0v) is 16.7. The highest BCUT2D eigenvalue weighted by Crippen LogP contribution is 2.23. The summed E-state index contributed by atoms with van der Waals surface area (Å²) in [5.41, 5.74) is 3.23. The topological polar surface area (TPSA) is 93.8 Å². The van der Waals surface area contributed by atoms with Crippen LogP contribution in [-0.2, 0) is 0 Å². The van der Waals surface area contributed by atoms with Crippen molar-refractivity contribution in [3.05, 3.63) is 80.9 Å². The molecule has 0 unspecified atom stereocenters. The number of pyridine rings is 1. The molecule has 0 aliphatic rings. The minimum Gasteiger partial charge on any atom is -0.457 e. The number of furan rings is 1. The molecule has 0 aliphatic heterocycles. The number of nitrogens with one attached hydrogen (secondary N) is 1. The lowest BCUT2D eigenvalue weighted by atomic mass is 10.2. The van der Waals surface area contributed by atoms with Crippen molar-refractivity contribution in [3.8, 4) is 5.75 Å². The van der Waals surface area contributed by atoms with Gasteiger partial charge >= 0.3 is 5.97 Å². The average molecular weight is 493 g/mol. The van der Waals surface area contributed by atoms with Gasteiger partial charge in [0, 0.05) is 26.9 Å². The quantitative estimate of drug-likeness (QED) is 0.249. The van der Waals surface area contributed by atoms with Gasteiger partial charge in [-0.15, -0.1) is 0 Å². The molecule has 7 nitrogen and oxygen atoms in total. The molecule has 136 valence electrons. The maximum absolute atomic E-state index is 12.1. The molecule has 1 amide bonds. The van der Waals surface area contributed by atoms with Crippen molar-refractivity contribution in [1.29, 1.82) is 0 Å². The van der Waals surface area contributed by atoms with Crippen molar-refractivity contribution in [2.75, 3.05) is 0 Å². The second-order valence-electron chi connectivity index (χ2n) is 5.14. The Hall–Kier alpha value is -2.78. The summed E-state index contributed by atoms with van der Waals surface area (Å²) in [6, 6.07) is 9.73. The molecular formula is C18H11Br2N3O4. The lowest BCUT2D eigenvalue weighted by Gasteiger charge is -2.07. The van der Waals surface area contributed by atoms with Gasteiger partial charge in [-0.3, -0.25) is 9.78 Å². The molecule has 1 aromatic carbocycles. The van der Waals surface area contributed by atoms with E-state index in [1.165, 1.54) is 24.7 Å². The van der Waals surface area contributed by atoms with Crippen LogP contribution in [0.5, 0.6) is 5.75 Å². The van der Waals surface area contributed by atoms with E-state index in [1.807, 2.05) is 0 Å². The number of nitrogens with zero attached hydrogens (tertiary/aromatic N) is 2. The molecule has 0 saturated heterocycles. The Kier molecular flexibility index (Phi) is 6.15. The molecule has 1 N–H and O–H groups in total. The van der Waals surface area contributed by atoms with Gasteiger partial charge in [0.25, 0.3) is 5.91 Å². The second kappa shape index (κ2) is 8.74. The maximum atomic E-state index is 12.1. The molecule has 9 heteroatoms. The van der Waals surface area contributed by atoms with Gasteiger partial charge in [0.05, 0.1) is 18.0 Å². The second-order valence-corrected chi connectivity index (χ2v) is 6.97. The van der Waals surface area contributed by atoms with Gasteiger partial charge in [0.1, 0.15) is 5.75 Å². The lowest BCUT2D eigenvalue weighted by molar-refractivity contribution is 0.0701. The predicted octanol–water partition coefficient (Wildman–Crippen LogP) is 4.18. The minimum absolute atomic E-state index is 0.0799. The summed E-state index contributed by atoms with van der Waals surface area (Å²) in [7, 11) is 0. The third kappa shape index (κ3) is 5.11. The number of halogens is 2. The van der Waals surface area contributed by atoms with Crippen molar-refractivity contribution in [2.24, 2.45) is 5.10 Å². The number of hydrazone groups is 1. The summed E-state index contributed by atoms with van der Waals surface area (Å²) in [5.74, 6) is -0.719. The van der Waals surface area contributed by atoms with Crippen LogP contribution in [0.25, 0.3) is 0 Å². The first-order chi connectivity index (χ1) is 13.0. The molecule has 3 aromatic rings. The summed E-state index contributed by atoms with van der Waals surface area (Å²) in [6.45, 7) is 0. The molecule has 2 heterocycles. The Balaban J connectivity index is 1.73. The zero-order valence-electron chi connectivity index (χ0n) is 13.6. The summed E-state index contributed by atoms with van der Waals surface area (Å²) < 4.78 is 11.8. The van der Waals surface area contributed by atoms with Crippen molar-refractivity contribution in [3.63, 3.8) is 0 Å². The SMILES string of the molecule is O=C(N/N=C\c1cc(Br)ccc1OC(=O)c1ccco1)c1cncc(Br)c1. The van der Waals surface area contributed by atoms with E-state index in [9.17, 15) is 9.59 Å². The molecule has 3 rings (SSSR count). The molecule has 0 atom stereocenters. The predicted molar refractivity (Wildman–Crippen MR) is 105 cm³/mol. The number of esters is 1. The standard InChI is InChI=1S/C18H11Br2N3O4/c19-13-3-4-15(27-18(25)16-2-1-5-26-16)11(6-13)9-22-23-17(24)12-7-14(20)10-21-8-12/h1-10H,(H,23,24)/b22-9-. The van der Waals surface area contributed by atoms with E-state index >= 15 is 0 Å². The van der Waals surface area contributed by atoms with Crippen molar-refractivity contribution in [1.82, 2.24) is 10.4 Å². The summed E-state index contributed by atoms with van der Waals surface area (Å²) >= 11 is 6.60. The Morgan fingerprint density at radius 1 is 1.15 bits per heavy atom. The normalized spacial score (nSPS) is 10.7. The summed E-state index contributed by atoms with van der Waals surface area (Å²) in [4.78, 5) is 28.1. The van der Waals surface area contributed by atoms with E-state index in [4.69, 9.17) is 9.15 Å². The van der Waals surface area contributed by atoms with Crippen LogP contribution in [0.4, 0.5) is 0 Å². The fourth-order valence-corrected chi connectivity index (χ4v) is 2.76. The van der Waals surface area contributed by atoms with E-state index in [1.54, 1.807) is 36.5 Å². The first-order valence-corrected chi connectivity index (χ1v) is 9.11. The fourth-order valence-electron chi connectivity index (χ4n) is 2.02. The van der Waals surface area contributed by atoms with E-state index in [-0.39, 0.29) is 11.5 Å². The van der Waals surface area contributed by atoms with Gasteiger partial charge in [-0.1, -0.05) is 15.9 Å². The number of aromatic nitrogens is 1. The number of ether oxygens (including phenoxy) is 1. The third-order valence-corrected chi connectivity index (χ3v) is 4.16. The highest BCUT2D eigenvalue weighted by atomic mass is 79.9. The van der Waals surface area contributed by atoms with Gasteiger partial charge in [0.2, 0.25) is 5.76 Å². The molecular weight excluding hydrogens is 482 g/mol. The first-order valence-electron chi connectivity index (χ1n) is 7.52. The van der Waals surface area contributed by atoms with Crippen LogP contribution in [0.1, 0.15) is 26.5 Å². The smallest absolute Gasteiger partial charge is 0.379 e. The van der Waals surface area contributed by atoms with Gasteiger partial charge < -0.3 is 9.15 Å². The average Bonchev–Trinajstić information content (AvgIpc) is 3.18. The number of amides is 1. The highest BCUT2D eigenvalue weighted by Gasteiger charge is 2.14. The van der Waals surface area contributed by atoms with Crippen LogP contribution in [0.15, 0.2) is 73.5 Å². The summed E-state index contributed by atoms with van der Waals surface area (Å²) in [6.07, 6.45) is 5.75. The van der Waals surface area contributed by atoms with Crippen LogP contribution in [-0.4, -0.2) is 23.1 Å².